The molecule has 2 aliphatic heterocycles. The lowest BCUT2D eigenvalue weighted by Gasteiger charge is -2.39. The van der Waals surface area contributed by atoms with Crippen LogP contribution in [0.4, 0.5) is 4.79 Å². The predicted octanol–water partition coefficient (Wildman–Crippen LogP) is 0.610. The fourth-order valence-corrected chi connectivity index (χ4v) is 1.86. The van der Waals surface area contributed by atoms with Crippen molar-refractivity contribution in [2.75, 3.05) is 6.61 Å². The van der Waals surface area contributed by atoms with Crippen LogP contribution in [-0.2, 0) is 9.53 Å². The molecule has 0 aromatic heterocycles. The quantitative estimate of drug-likeness (QED) is 0.625. The number of carbonyl (C=O) groups is 2. The molecule has 0 aliphatic carbocycles. The summed E-state index contributed by atoms with van der Waals surface area (Å²) in [4.78, 5) is 23.5. The lowest BCUT2D eigenvalue weighted by Crippen LogP contribution is -2.54. The zero-order chi connectivity index (χ0) is 10.1. The van der Waals surface area contributed by atoms with E-state index in [1.807, 2.05) is 12.2 Å². The first-order chi connectivity index (χ1) is 6.70. The van der Waals surface area contributed by atoms with Crippen LogP contribution < -0.4 is 0 Å². The van der Waals surface area contributed by atoms with E-state index in [0.717, 1.165) is 0 Å². The first kappa shape index (κ1) is 9.05. The smallest absolute Gasteiger partial charge is 0.411 e. The molecule has 0 radical (unpaired) electrons. The number of carboxylic acids is 1. The number of carbonyl (C=O) groups excluding carboxylic acids is 1. The van der Waals surface area contributed by atoms with E-state index in [1.165, 1.54) is 4.90 Å². The molecule has 1 N–H and O–H groups in total. The Hall–Kier alpha value is -1.52. The molecular formula is C9H11NO4. The van der Waals surface area contributed by atoms with Crippen LogP contribution in [0.1, 0.15) is 12.8 Å². The highest BCUT2D eigenvalue weighted by Gasteiger charge is 2.39. The van der Waals surface area contributed by atoms with Gasteiger partial charge >= 0.3 is 12.1 Å². The number of aliphatic carboxylic acids is 1. The van der Waals surface area contributed by atoms with E-state index in [9.17, 15) is 9.59 Å². The predicted molar refractivity (Wildman–Crippen MR) is 46.8 cm³/mol. The van der Waals surface area contributed by atoms with E-state index in [1.54, 1.807) is 0 Å². The standard InChI is InChI=1S/C9H11NO4/c11-8(12)7-3-1-2-6-4-5-14-9(13)10(6)7/h1-2,6-7H,3-5H2,(H,11,12)/t6-,7-/m1/s1. The molecule has 0 spiro atoms. The summed E-state index contributed by atoms with van der Waals surface area (Å²) in [6.07, 6.45) is 4.21. The molecule has 2 rings (SSSR count). The lowest BCUT2D eigenvalue weighted by molar-refractivity contribution is -0.144. The van der Waals surface area contributed by atoms with Gasteiger partial charge in [-0.2, -0.15) is 0 Å². The highest BCUT2D eigenvalue weighted by atomic mass is 16.6. The minimum absolute atomic E-state index is 0.105. The number of amides is 1. The maximum Gasteiger partial charge on any atom is 0.411 e. The maximum atomic E-state index is 11.3. The van der Waals surface area contributed by atoms with Crippen molar-refractivity contribution in [1.29, 1.82) is 0 Å². The fraction of sp³-hybridized carbons (Fsp3) is 0.556. The number of hydrogen-bond donors (Lipinski definition) is 1. The van der Waals surface area contributed by atoms with Gasteiger partial charge in [0.25, 0.3) is 0 Å². The summed E-state index contributed by atoms with van der Waals surface area (Å²) >= 11 is 0. The number of hydrogen-bond acceptors (Lipinski definition) is 3. The Balaban J connectivity index is 2.25. The van der Waals surface area contributed by atoms with Crippen LogP contribution in [0.5, 0.6) is 0 Å². The molecule has 2 heterocycles. The van der Waals surface area contributed by atoms with Crippen LogP contribution in [0, 0.1) is 0 Å². The normalized spacial score (nSPS) is 30.9. The third-order valence-electron chi connectivity index (χ3n) is 2.55. The molecule has 5 heteroatoms. The molecular weight excluding hydrogens is 186 g/mol. The first-order valence-electron chi connectivity index (χ1n) is 4.54. The Labute approximate surface area is 80.9 Å². The van der Waals surface area contributed by atoms with Gasteiger partial charge in [-0.1, -0.05) is 12.2 Å². The summed E-state index contributed by atoms with van der Waals surface area (Å²) in [5.74, 6) is -0.974. The van der Waals surface area contributed by atoms with Gasteiger partial charge in [0.2, 0.25) is 0 Å². The molecule has 0 aromatic rings. The van der Waals surface area contributed by atoms with Crippen LogP contribution in [0.2, 0.25) is 0 Å². The van der Waals surface area contributed by atoms with E-state index in [-0.39, 0.29) is 6.04 Å². The Bertz CT molecular complexity index is 299. The van der Waals surface area contributed by atoms with Crippen molar-refractivity contribution in [3.8, 4) is 0 Å². The Morgan fingerprint density at radius 2 is 2.43 bits per heavy atom. The molecule has 14 heavy (non-hydrogen) atoms. The van der Waals surface area contributed by atoms with Crippen molar-refractivity contribution in [3.63, 3.8) is 0 Å². The molecule has 2 atom stereocenters. The SMILES string of the molecule is O=C(O)[C@H]1CC=C[C@@H]2CCOC(=O)N21. The Morgan fingerprint density at radius 3 is 3.14 bits per heavy atom. The van der Waals surface area contributed by atoms with E-state index < -0.39 is 18.1 Å². The average Bonchev–Trinajstić information content (AvgIpc) is 2.17. The minimum atomic E-state index is -0.974. The number of nitrogens with zero attached hydrogens (tertiary/aromatic N) is 1. The van der Waals surface area contributed by atoms with Crippen molar-refractivity contribution in [2.24, 2.45) is 0 Å². The van der Waals surface area contributed by atoms with Gasteiger partial charge in [-0.05, 0) is 6.42 Å². The third kappa shape index (κ3) is 1.34. The van der Waals surface area contributed by atoms with Crippen molar-refractivity contribution in [3.05, 3.63) is 12.2 Å². The van der Waals surface area contributed by atoms with Gasteiger partial charge in [0.05, 0.1) is 12.6 Å². The molecule has 0 aromatic carbocycles. The van der Waals surface area contributed by atoms with Crippen LogP contribution in [0.15, 0.2) is 12.2 Å². The number of fused-ring (bicyclic) bond motifs is 1. The van der Waals surface area contributed by atoms with Crippen molar-refractivity contribution < 1.29 is 19.4 Å². The maximum absolute atomic E-state index is 11.3. The number of cyclic esters (lactones) is 1. The van der Waals surface area contributed by atoms with Gasteiger partial charge in [-0.15, -0.1) is 0 Å². The highest BCUT2D eigenvalue weighted by molar-refractivity contribution is 5.81. The molecule has 0 saturated carbocycles. The van der Waals surface area contributed by atoms with Crippen molar-refractivity contribution in [2.45, 2.75) is 24.9 Å². The fourth-order valence-electron chi connectivity index (χ4n) is 1.86. The van der Waals surface area contributed by atoms with E-state index in [4.69, 9.17) is 9.84 Å². The molecule has 1 fully saturated rings. The summed E-state index contributed by atoms with van der Waals surface area (Å²) in [6, 6.07) is -0.871. The van der Waals surface area contributed by atoms with Gasteiger partial charge in [0.15, 0.2) is 0 Å². The van der Waals surface area contributed by atoms with Crippen molar-refractivity contribution in [1.82, 2.24) is 4.90 Å². The lowest BCUT2D eigenvalue weighted by atomic mass is 10.0. The largest absolute Gasteiger partial charge is 0.480 e. The van der Waals surface area contributed by atoms with E-state index >= 15 is 0 Å². The highest BCUT2D eigenvalue weighted by Crippen LogP contribution is 2.24. The first-order valence-corrected chi connectivity index (χ1v) is 4.54. The Kier molecular flexibility index (Phi) is 2.15. The molecule has 1 amide bonds. The molecule has 0 bridgehead atoms. The van der Waals surface area contributed by atoms with Gasteiger partial charge in [0.1, 0.15) is 6.04 Å². The van der Waals surface area contributed by atoms with Crippen molar-refractivity contribution >= 4 is 12.1 Å². The van der Waals surface area contributed by atoms with Crippen LogP contribution in [0.3, 0.4) is 0 Å². The second kappa shape index (κ2) is 3.32. The minimum Gasteiger partial charge on any atom is -0.480 e. The van der Waals surface area contributed by atoms with Crippen LogP contribution in [0.25, 0.3) is 0 Å². The molecule has 0 unspecified atom stereocenters. The third-order valence-corrected chi connectivity index (χ3v) is 2.55. The second-order valence-corrected chi connectivity index (χ2v) is 3.40. The van der Waals surface area contributed by atoms with E-state index in [0.29, 0.717) is 19.4 Å². The number of ether oxygens (including phenoxy) is 1. The number of carboxylic acid groups (broad SMARTS) is 1. The van der Waals surface area contributed by atoms with Crippen LogP contribution in [-0.4, -0.2) is 40.8 Å². The topological polar surface area (TPSA) is 66.8 Å². The van der Waals surface area contributed by atoms with Gasteiger partial charge < -0.3 is 9.84 Å². The molecule has 1 saturated heterocycles. The van der Waals surface area contributed by atoms with Gasteiger partial charge in [0, 0.05) is 6.42 Å². The molecule has 76 valence electrons. The second-order valence-electron chi connectivity index (χ2n) is 3.40. The zero-order valence-electron chi connectivity index (χ0n) is 7.55. The number of rotatable bonds is 1. The van der Waals surface area contributed by atoms with Gasteiger partial charge in [-0.3, -0.25) is 4.90 Å². The summed E-state index contributed by atoms with van der Waals surface area (Å²) < 4.78 is 4.82. The monoisotopic (exact) mass is 197 g/mol. The summed E-state index contributed by atoms with van der Waals surface area (Å²) in [5, 5.41) is 8.91. The average molecular weight is 197 g/mol. The van der Waals surface area contributed by atoms with Crippen LogP contribution >= 0.6 is 0 Å². The summed E-state index contributed by atoms with van der Waals surface area (Å²) in [7, 11) is 0. The van der Waals surface area contributed by atoms with E-state index in [2.05, 4.69) is 0 Å². The molecule has 5 nitrogen and oxygen atoms in total. The molecule has 2 aliphatic rings. The zero-order valence-corrected chi connectivity index (χ0v) is 7.55. The summed E-state index contributed by atoms with van der Waals surface area (Å²) in [5.41, 5.74) is 0. The summed E-state index contributed by atoms with van der Waals surface area (Å²) in [6.45, 7) is 0.372. The van der Waals surface area contributed by atoms with Gasteiger partial charge in [-0.25, -0.2) is 9.59 Å². The Morgan fingerprint density at radius 1 is 1.64 bits per heavy atom.